The van der Waals surface area contributed by atoms with Crippen LogP contribution in [0.5, 0.6) is 0 Å². The van der Waals surface area contributed by atoms with Crippen LogP contribution in [-0.4, -0.2) is 12.6 Å². The fourth-order valence-corrected chi connectivity index (χ4v) is 2.49. The van der Waals surface area contributed by atoms with Crippen molar-refractivity contribution in [3.05, 3.63) is 34.9 Å². The van der Waals surface area contributed by atoms with Crippen LogP contribution in [0.2, 0.25) is 5.02 Å². The second kappa shape index (κ2) is 5.88. The van der Waals surface area contributed by atoms with E-state index < -0.39 is 0 Å². The Morgan fingerprint density at radius 2 is 1.88 bits per heavy atom. The molecule has 0 amide bonds. The molecule has 1 aliphatic carbocycles. The van der Waals surface area contributed by atoms with Gasteiger partial charge in [0.2, 0.25) is 0 Å². The summed E-state index contributed by atoms with van der Waals surface area (Å²) >= 11 is 5.89. The standard InChI is InChI=1S/C15H22ClN/c1-11(2)7-8-17-15-9-13(10-15)12-3-5-14(16)6-4-12/h3-6,11,13,15,17H,7-10H2,1-2H3. The zero-order chi connectivity index (χ0) is 12.3. The maximum Gasteiger partial charge on any atom is 0.0406 e. The molecule has 0 radical (unpaired) electrons. The van der Waals surface area contributed by atoms with Gasteiger partial charge in [-0.15, -0.1) is 0 Å². The Labute approximate surface area is 110 Å². The van der Waals surface area contributed by atoms with E-state index in [0.29, 0.717) is 0 Å². The highest BCUT2D eigenvalue weighted by Gasteiger charge is 2.29. The molecule has 0 unspecified atom stereocenters. The van der Waals surface area contributed by atoms with Crippen LogP contribution in [0.1, 0.15) is 44.6 Å². The van der Waals surface area contributed by atoms with Crippen LogP contribution < -0.4 is 5.32 Å². The van der Waals surface area contributed by atoms with Gasteiger partial charge in [0.15, 0.2) is 0 Å². The smallest absolute Gasteiger partial charge is 0.0406 e. The van der Waals surface area contributed by atoms with Gasteiger partial charge in [-0.1, -0.05) is 37.6 Å². The first-order chi connectivity index (χ1) is 8.15. The summed E-state index contributed by atoms with van der Waals surface area (Å²) in [4.78, 5) is 0. The highest BCUT2D eigenvalue weighted by atomic mass is 35.5. The van der Waals surface area contributed by atoms with Crippen molar-refractivity contribution < 1.29 is 0 Å². The first-order valence-corrected chi connectivity index (χ1v) is 7.02. The third-order valence-electron chi connectivity index (χ3n) is 3.63. The van der Waals surface area contributed by atoms with Crippen molar-refractivity contribution in [1.82, 2.24) is 5.32 Å². The lowest BCUT2D eigenvalue weighted by Gasteiger charge is -2.36. The molecule has 2 rings (SSSR count). The zero-order valence-corrected chi connectivity index (χ0v) is 11.5. The molecule has 17 heavy (non-hydrogen) atoms. The summed E-state index contributed by atoms with van der Waals surface area (Å²) < 4.78 is 0. The highest BCUT2D eigenvalue weighted by molar-refractivity contribution is 6.30. The highest BCUT2D eigenvalue weighted by Crippen LogP contribution is 2.37. The largest absolute Gasteiger partial charge is 0.314 e. The number of hydrogen-bond donors (Lipinski definition) is 1. The zero-order valence-electron chi connectivity index (χ0n) is 10.7. The van der Waals surface area contributed by atoms with Gasteiger partial charge in [0.1, 0.15) is 0 Å². The summed E-state index contributed by atoms with van der Waals surface area (Å²) in [5, 5.41) is 4.47. The molecule has 1 aromatic rings. The summed E-state index contributed by atoms with van der Waals surface area (Å²) in [6, 6.07) is 9.05. The fourth-order valence-electron chi connectivity index (χ4n) is 2.37. The van der Waals surface area contributed by atoms with Gasteiger partial charge in [-0.25, -0.2) is 0 Å². The van der Waals surface area contributed by atoms with Crippen LogP contribution >= 0.6 is 11.6 Å². The van der Waals surface area contributed by atoms with Gasteiger partial charge in [0, 0.05) is 11.1 Å². The quantitative estimate of drug-likeness (QED) is 0.826. The van der Waals surface area contributed by atoms with Gasteiger partial charge in [-0.2, -0.15) is 0 Å². The average Bonchev–Trinajstić information content (AvgIpc) is 2.23. The van der Waals surface area contributed by atoms with Gasteiger partial charge in [-0.05, 0) is 55.3 Å². The number of halogens is 1. The molecule has 0 heterocycles. The Balaban J connectivity index is 1.70. The number of benzene rings is 1. The molecule has 0 bridgehead atoms. The minimum atomic E-state index is 0.731. The van der Waals surface area contributed by atoms with Gasteiger partial charge in [0.25, 0.3) is 0 Å². The van der Waals surface area contributed by atoms with E-state index in [1.165, 1.54) is 24.8 Å². The summed E-state index contributed by atoms with van der Waals surface area (Å²) in [7, 11) is 0. The summed E-state index contributed by atoms with van der Waals surface area (Å²) in [6.07, 6.45) is 3.83. The second-order valence-electron chi connectivity index (χ2n) is 5.55. The third kappa shape index (κ3) is 3.72. The van der Waals surface area contributed by atoms with E-state index in [1.807, 2.05) is 12.1 Å². The fraction of sp³-hybridized carbons (Fsp3) is 0.600. The predicted octanol–water partition coefficient (Wildman–Crippen LogP) is 4.22. The van der Waals surface area contributed by atoms with Gasteiger partial charge in [-0.3, -0.25) is 0 Å². The van der Waals surface area contributed by atoms with E-state index in [-0.39, 0.29) is 0 Å². The van der Waals surface area contributed by atoms with E-state index in [4.69, 9.17) is 11.6 Å². The van der Waals surface area contributed by atoms with Crippen molar-refractivity contribution in [1.29, 1.82) is 0 Å². The van der Waals surface area contributed by atoms with Gasteiger partial charge < -0.3 is 5.32 Å². The topological polar surface area (TPSA) is 12.0 Å². The molecular formula is C15H22ClN. The van der Waals surface area contributed by atoms with E-state index in [9.17, 15) is 0 Å². The number of nitrogens with one attached hydrogen (secondary N) is 1. The van der Waals surface area contributed by atoms with E-state index in [0.717, 1.165) is 29.4 Å². The van der Waals surface area contributed by atoms with Crippen molar-refractivity contribution in [3.63, 3.8) is 0 Å². The van der Waals surface area contributed by atoms with Crippen LogP contribution in [-0.2, 0) is 0 Å². The number of hydrogen-bond acceptors (Lipinski definition) is 1. The van der Waals surface area contributed by atoms with Crippen molar-refractivity contribution in [3.8, 4) is 0 Å². The molecule has 1 aromatic carbocycles. The molecule has 1 N–H and O–H groups in total. The molecule has 1 aliphatic rings. The van der Waals surface area contributed by atoms with Crippen molar-refractivity contribution in [2.45, 2.75) is 45.1 Å². The molecule has 1 saturated carbocycles. The molecule has 0 atom stereocenters. The van der Waals surface area contributed by atoms with E-state index in [1.54, 1.807) is 0 Å². The minimum absolute atomic E-state index is 0.731. The first-order valence-electron chi connectivity index (χ1n) is 6.64. The molecular weight excluding hydrogens is 230 g/mol. The lowest BCUT2D eigenvalue weighted by Crippen LogP contribution is -2.40. The van der Waals surface area contributed by atoms with Gasteiger partial charge in [0.05, 0.1) is 0 Å². The van der Waals surface area contributed by atoms with E-state index in [2.05, 4.69) is 31.3 Å². The van der Waals surface area contributed by atoms with Crippen LogP contribution in [0.25, 0.3) is 0 Å². The maximum absolute atomic E-state index is 5.89. The van der Waals surface area contributed by atoms with Crippen LogP contribution in [0.4, 0.5) is 0 Å². The van der Waals surface area contributed by atoms with Crippen molar-refractivity contribution in [2.75, 3.05) is 6.54 Å². The maximum atomic E-state index is 5.89. The lowest BCUT2D eigenvalue weighted by atomic mass is 9.76. The molecule has 1 fully saturated rings. The minimum Gasteiger partial charge on any atom is -0.314 e. The lowest BCUT2D eigenvalue weighted by molar-refractivity contribution is 0.286. The van der Waals surface area contributed by atoms with E-state index >= 15 is 0 Å². The molecule has 1 nitrogen and oxygen atoms in total. The molecule has 2 heteroatoms. The van der Waals surface area contributed by atoms with Crippen LogP contribution in [0.15, 0.2) is 24.3 Å². The molecule has 94 valence electrons. The molecule has 0 saturated heterocycles. The van der Waals surface area contributed by atoms with Gasteiger partial charge >= 0.3 is 0 Å². The molecule has 0 aliphatic heterocycles. The Morgan fingerprint density at radius 1 is 1.24 bits per heavy atom. The Hall–Kier alpha value is -0.530. The average molecular weight is 252 g/mol. The van der Waals surface area contributed by atoms with Crippen LogP contribution in [0.3, 0.4) is 0 Å². The van der Waals surface area contributed by atoms with Crippen molar-refractivity contribution >= 4 is 11.6 Å². The Bertz CT molecular complexity index is 338. The van der Waals surface area contributed by atoms with Crippen LogP contribution in [0, 0.1) is 5.92 Å². The normalized spacial score (nSPS) is 23.8. The molecule has 0 spiro atoms. The number of rotatable bonds is 5. The monoisotopic (exact) mass is 251 g/mol. The predicted molar refractivity (Wildman–Crippen MR) is 74.7 cm³/mol. The summed E-state index contributed by atoms with van der Waals surface area (Å²) in [5.74, 6) is 1.54. The third-order valence-corrected chi connectivity index (χ3v) is 3.89. The first kappa shape index (κ1) is 12.9. The second-order valence-corrected chi connectivity index (χ2v) is 5.99. The Morgan fingerprint density at radius 3 is 2.47 bits per heavy atom. The Kier molecular flexibility index (Phi) is 4.47. The summed E-state index contributed by atoms with van der Waals surface area (Å²) in [6.45, 7) is 5.72. The van der Waals surface area contributed by atoms with Crippen molar-refractivity contribution in [2.24, 2.45) is 5.92 Å². The molecule has 0 aromatic heterocycles. The SMILES string of the molecule is CC(C)CCNC1CC(c2ccc(Cl)cc2)C1. The summed E-state index contributed by atoms with van der Waals surface area (Å²) in [5.41, 5.74) is 1.44.